The first-order valence-electron chi connectivity index (χ1n) is 6.22. The molecule has 0 saturated heterocycles. The summed E-state index contributed by atoms with van der Waals surface area (Å²) < 4.78 is 152. The van der Waals surface area contributed by atoms with Gasteiger partial charge in [0.15, 0.2) is 5.82 Å². The van der Waals surface area contributed by atoms with Crippen LogP contribution in [0.25, 0.3) is 0 Å². The third-order valence-electron chi connectivity index (χ3n) is 3.63. The second-order valence-electron chi connectivity index (χ2n) is 5.31. The third kappa shape index (κ3) is 1.91. The molecule has 0 unspecified atom stereocenters. The minimum atomic E-state index is -7.38. The van der Waals surface area contributed by atoms with Crippen molar-refractivity contribution in [1.82, 2.24) is 5.16 Å². The molecule has 1 aromatic heterocycles. The van der Waals surface area contributed by atoms with Gasteiger partial charge in [0.2, 0.25) is 0 Å². The number of hydrogen-bond acceptors (Lipinski definition) is 3. The lowest BCUT2D eigenvalue weighted by Crippen LogP contribution is -2.86. The van der Waals surface area contributed by atoms with Gasteiger partial charge in [-0.2, -0.15) is 43.9 Å². The first-order chi connectivity index (χ1) is 11.4. The highest BCUT2D eigenvalue weighted by atomic mass is 19.4. The van der Waals surface area contributed by atoms with Crippen LogP contribution in [0.4, 0.5) is 54.1 Å². The van der Waals surface area contributed by atoms with Crippen LogP contribution in [0.2, 0.25) is 0 Å². The van der Waals surface area contributed by atoms with E-state index in [9.17, 15) is 53.1 Å². The Hall–Kier alpha value is -2.09. The van der Waals surface area contributed by atoms with Crippen molar-refractivity contribution in [3.05, 3.63) is 11.8 Å². The highest BCUT2D eigenvalue weighted by Crippen LogP contribution is 2.69. The number of carbonyl (C=O) groups is 1. The maximum atomic E-state index is 14.3. The van der Waals surface area contributed by atoms with E-state index in [-0.39, 0.29) is 5.76 Å². The third-order valence-corrected chi connectivity index (χ3v) is 3.63. The summed E-state index contributed by atoms with van der Waals surface area (Å²) >= 11 is 0. The van der Waals surface area contributed by atoms with E-state index >= 15 is 0 Å². The zero-order valence-corrected chi connectivity index (χ0v) is 12.0. The summed E-state index contributed by atoms with van der Waals surface area (Å²) in [4.78, 5) is 11.5. The van der Waals surface area contributed by atoms with E-state index in [0.29, 0.717) is 6.07 Å². The molecule has 1 aliphatic carbocycles. The molecule has 1 fully saturated rings. The van der Waals surface area contributed by atoms with Crippen molar-refractivity contribution in [3.63, 3.8) is 0 Å². The summed E-state index contributed by atoms with van der Waals surface area (Å²) in [5, 5.41) is 3.59. The number of halogens is 11. The number of aromatic nitrogens is 1. The molecular weight excluding hydrogens is 401 g/mol. The van der Waals surface area contributed by atoms with Crippen LogP contribution in [0.1, 0.15) is 5.76 Å². The molecular formula is C11H5F11N2O2. The van der Waals surface area contributed by atoms with Gasteiger partial charge in [-0.25, -0.2) is 4.39 Å². The molecule has 0 spiro atoms. The monoisotopic (exact) mass is 406 g/mol. The summed E-state index contributed by atoms with van der Waals surface area (Å²) in [6.45, 7) is 1.10. The van der Waals surface area contributed by atoms with Crippen molar-refractivity contribution in [1.29, 1.82) is 0 Å². The lowest BCUT2D eigenvalue weighted by molar-refractivity contribution is -0.475. The van der Waals surface area contributed by atoms with E-state index in [1.807, 2.05) is 0 Å². The fraction of sp³-hybridized carbons (Fsp3) is 0.636. The molecule has 1 heterocycles. The molecule has 4 nitrogen and oxygen atoms in total. The smallest absolute Gasteiger partial charge is 0.360 e. The van der Waals surface area contributed by atoms with Gasteiger partial charge >= 0.3 is 35.3 Å². The fourth-order valence-corrected chi connectivity index (χ4v) is 2.13. The Bertz CT molecular complexity index is 712. The predicted octanol–water partition coefficient (Wildman–Crippen LogP) is 3.82. The zero-order valence-electron chi connectivity index (χ0n) is 12.0. The van der Waals surface area contributed by atoms with E-state index in [1.54, 1.807) is 0 Å². The van der Waals surface area contributed by atoms with E-state index in [2.05, 4.69) is 9.68 Å². The molecule has 1 saturated carbocycles. The van der Waals surface area contributed by atoms with Gasteiger partial charge in [-0.1, -0.05) is 5.16 Å². The summed E-state index contributed by atoms with van der Waals surface area (Å²) in [5.74, 6) is -41.3. The molecule has 1 aromatic rings. The van der Waals surface area contributed by atoms with Gasteiger partial charge in [-0.3, -0.25) is 4.79 Å². The number of alkyl halides is 11. The van der Waals surface area contributed by atoms with Crippen molar-refractivity contribution in [2.75, 3.05) is 5.32 Å². The summed E-state index contributed by atoms with van der Waals surface area (Å²) in [7, 11) is 0. The van der Waals surface area contributed by atoms with Crippen LogP contribution < -0.4 is 5.32 Å². The Morgan fingerprint density at radius 3 is 1.58 bits per heavy atom. The van der Waals surface area contributed by atoms with Gasteiger partial charge in [0, 0.05) is 6.07 Å². The van der Waals surface area contributed by atoms with E-state index < -0.39 is 47.0 Å². The predicted molar refractivity (Wildman–Crippen MR) is 58.4 cm³/mol. The van der Waals surface area contributed by atoms with Crippen LogP contribution in [0.5, 0.6) is 0 Å². The maximum Gasteiger partial charge on any atom is 0.384 e. The minimum Gasteiger partial charge on any atom is -0.360 e. The Morgan fingerprint density at radius 2 is 1.23 bits per heavy atom. The van der Waals surface area contributed by atoms with Crippen LogP contribution in [-0.2, 0) is 4.79 Å². The summed E-state index contributed by atoms with van der Waals surface area (Å²) in [6.07, 6.45) is 0. The van der Waals surface area contributed by atoms with E-state index in [1.165, 1.54) is 0 Å². The number of carbonyl (C=O) groups excluding carboxylic acids is 1. The standard InChI is InChI=1S/C11H5F11N2O2/c1-3-2-4(24-26-3)23-5(25)6(12)7(13,14)9(17,18)11(21,22)10(19,20)8(6,15)16/h2H,1H3,(H,23,24,25). The Morgan fingerprint density at radius 1 is 0.846 bits per heavy atom. The number of rotatable bonds is 2. The number of anilines is 1. The molecule has 0 aliphatic heterocycles. The van der Waals surface area contributed by atoms with Crippen molar-refractivity contribution in [2.24, 2.45) is 0 Å². The average molecular weight is 406 g/mol. The molecule has 0 radical (unpaired) electrons. The molecule has 2 rings (SSSR count). The molecule has 26 heavy (non-hydrogen) atoms. The highest BCUT2D eigenvalue weighted by molar-refractivity contribution is 5.99. The van der Waals surface area contributed by atoms with Crippen molar-refractivity contribution in [2.45, 2.75) is 42.2 Å². The number of aryl methyl sites for hydroxylation is 1. The maximum absolute atomic E-state index is 14.3. The van der Waals surface area contributed by atoms with Crippen molar-refractivity contribution in [3.8, 4) is 0 Å². The normalized spacial score (nSPS) is 26.9. The topological polar surface area (TPSA) is 55.1 Å². The van der Waals surface area contributed by atoms with Gasteiger partial charge in [0.1, 0.15) is 5.76 Å². The SMILES string of the molecule is Cc1cc(NC(=O)C2(F)C(F)(F)C(F)(F)C(F)(F)C(F)(F)C2(F)F)no1. The minimum absolute atomic E-state index is 0.224. The average Bonchev–Trinajstić information content (AvgIpc) is 2.89. The molecule has 148 valence electrons. The van der Waals surface area contributed by atoms with Gasteiger partial charge < -0.3 is 9.84 Å². The molecule has 1 amide bonds. The Balaban J connectivity index is 2.68. The van der Waals surface area contributed by atoms with Crippen LogP contribution in [-0.4, -0.2) is 46.3 Å². The molecule has 1 N–H and O–H groups in total. The van der Waals surface area contributed by atoms with Crippen LogP contribution in [0.3, 0.4) is 0 Å². The van der Waals surface area contributed by atoms with Crippen molar-refractivity contribution >= 4 is 11.7 Å². The van der Waals surface area contributed by atoms with Gasteiger partial charge in [-0.05, 0) is 6.92 Å². The van der Waals surface area contributed by atoms with Gasteiger partial charge in [-0.15, -0.1) is 0 Å². The van der Waals surface area contributed by atoms with Crippen molar-refractivity contribution < 1.29 is 57.6 Å². The van der Waals surface area contributed by atoms with E-state index in [4.69, 9.17) is 0 Å². The lowest BCUT2D eigenvalue weighted by atomic mass is 9.71. The molecule has 15 heteroatoms. The molecule has 1 aliphatic rings. The largest absolute Gasteiger partial charge is 0.384 e. The van der Waals surface area contributed by atoms with E-state index in [0.717, 1.165) is 12.2 Å². The summed E-state index contributed by atoms with van der Waals surface area (Å²) in [6, 6.07) is 0.589. The number of amides is 1. The second kappa shape index (κ2) is 5.00. The second-order valence-corrected chi connectivity index (χ2v) is 5.31. The first-order valence-corrected chi connectivity index (χ1v) is 6.22. The molecule has 0 bridgehead atoms. The highest BCUT2D eigenvalue weighted by Gasteiger charge is 3.02. The number of nitrogens with one attached hydrogen (secondary N) is 1. The van der Waals surface area contributed by atoms with Gasteiger partial charge in [0.25, 0.3) is 5.91 Å². The summed E-state index contributed by atoms with van der Waals surface area (Å²) in [5.41, 5.74) is -6.76. The lowest BCUT2D eigenvalue weighted by Gasteiger charge is -2.51. The van der Waals surface area contributed by atoms with Crippen LogP contribution in [0.15, 0.2) is 10.6 Å². The Kier molecular flexibility index (Phi) is 3.89. The van der Waals surface area contributed by atoms with Crippen LogP contribution in [0, 0.1) is 6.92 Å². The molecule has 0 aromatic carbocycles. The zero-order chi connectivity index (χ0) is 20.6. The molecule has 0 atom stereocenters. The number of hydrogen-bond donors (Lipinski definition) is 1. The number of nitrogens with zero attached hydrogens (tertiary/aromatic N) is 1. The van der Waals surface area contributed by atoms with Crippen LogP contribution >= 0.6 is 0 Å². The Labute approximate surface area is 135 Å². The first kappa shape index (κ1) is 20.2. The van der Waals surface area contributed by atoms with Gasteiger partial charge in [0.05, 0.1) is 0 Å². The quantitative estimate of drug-likeness (QED) is 0.760. The fourth-order valence-electron chi connectivity index (χ4n) is 2.13.